The van der Waals surface area contributed by atoms with Crippen molar-refractivity contribution in [2.45, 2.75) is 4.90 Å². The van der Waals surface area contributed by atoms with Crippen LogP contribution in [0.5, 0.6) is 0 Å². The summed E-state index contributed by atoms with van der Waals surface area (Å²) in [5.74, 6) is 0.606. The topological polar surface area (TPSA) is 29.1 Å². The molecule has 1 amide bonds. The Balaban J connectivity index is 0.000000963. The molecule has 2 aromatic rings. The van der Waals surface area contributed by atoms with Crippen LogP contribution in [0.3, 0.4) is 0 Å². The highest BCUT2D eigenvalue weighted by Gasteiger charge is 2.16. The molecule has 1 heterocycles. The smallest absolute Gasteiger partial charge is 0.234 e. The number of carbonyl (C=O) groups excluding carboxylic acids is 1. The van der Waals surface area contributed by atoms with Crippen LogP contribution in [-0.4, -0.2) is 11.7 Å². The van der Waals surface area contributed by atoms with Crippen molar-refractivity contribution in [1.29, 1.82) is 0 Å². The molecule has 3 rings (SSSR count). The molecule has 1 N–H and O–H groups in total. The van der Waals surface area contributed by atoms with Gasteiger partial charge in [0.25, 0.3) is 0 Å². The fourth-order valence-corrected chi connectivity index (χ4v) is 2.65. The SMILES string of the molecule is Cl.O=C1CSc2ccc3ccccc3c2N1. The van der Waals surface area contributed by atoms with Gasteiger partial charge in [-0.25, -0.2) is 0 Å². The van der Waals surface area contributed by atoms with Crippen LogP contribution in [0, 0.1) is 0 Å². The molecule has 0 radical (unpaired) electrons. The molecule has 0 aromatic heterocycles. The monoisotopic (exact) mass is 251 g/mol. The van der Waals surface area contributed by atoms with E-state index in [9.17, 15) is 4.79 Å². The van der Waals surface area contributed by atoms with Gasteiger partial charge < -0.3 is 5.32 Å². The molecule has 0 spiro atoms. The molecule has 2 aromatic carbocycles. The maximum absolute atomic E-state index is 11.3. The second kappa shape index (κ2) is 4.36. The van der Waals surface area contributed by atoms with Gasteiger partial charge in [-0.3, -0.25) is 4.79 Å². The Labute approximate surface area is 104 Å². The molecular formula is C12H10ClNOS. The predicted molar refractivity (Wildman–Crippen MR) is 70.5 cm³/mol. The zero-order valence-electron chi connectivity index (χ0n) is 8.40. The molecule has 1 aliphatic heterocycles. The van der Waals surface area contributed by atoms with Crippen molar-refractivity contribution in [2.75, 3.05) is 11.1 Å². The summed E-state index contributed by atoms with van der Waals surface area (Å²) in [6.07, 6.45) is 0. The lowest BCUT2D eigenvalue weighted by Crippen LogP contribution is -2.18. The Kier molecular flexibility index (Phi) is 3.08. The van der Waals surface area contributed by atoms with Gasteiger partial charge in [0.05, 0.1) is 11.4 Å². The van der Waals surface area contributed by atoms with Crippen molar-refractivity contribution in [3.8, 4) is 0 Å². The van der Waals surface area contributed by atoms with E-state index < -0.39 is 0 Å². The van der Waals surface area contributed by atoms with Crippen molar-refractivity contribution in [2.24, 2.45) is 0 Å². The molecule has 0 fully saturated rings. The Morgan fingerprint density at radius 1 is 1.12 bits per heavy atom. The number of hydrogen-bond acceptors (Lipinski definition) is 2. The lowest BCUT2D eigenvalue weighted by Gasteiger charge is -2.18. The van der Waals surface area contributed by atoms with Crippen LogP contribution in [0.4, 0.5) is 5.69 Å². The van der Waals surface area contributed by atoms with Crippen molar-refractivity contribution >= 4 is 46.5 Å². The molecule has 0 unspecified atom stereocenters. The molecule has 16 heavy (non-hydrogen) atoms. The molecule has 0 atom stereocenters. The number of anilines is 1. The minimum atomic E-state index is 0. The number of nitrogens with one attached hydrogen (secondary N) is 1. The van der Waals surface area contributed by atoms with Crippen molar-refractivity contribution < 1.29 is 4.79 Å². The van der Waals surface area contributed by atoms with E-state index in [4.69, 9.17) is 0 Å². The van der Waals surface area contributed by atoms with Crippen molar-refractivity contribution in [3.05, 3.63) is 36.4 Å². The van der Waals surface area contributed by atoms with Gasteiger partial charge in [-0.05, 0) is 11.5 Å². The molecular weight excluding hydrogens is 242 g/mol. The third-order valence-electron chi connectivity index (χ3n) is 2.51. The maximum Gasteiger partial charge on any atom is 0.234 e. The highest BCUT2D eigenvalue weighted by Crippen LogP contribution is 2.36. The van der Waals surface area contributed by atoms with Crippen molar-refractivity contribution in [1.82, 2.24) is 0 Å². The molecule has 1 aliphatic rings. The van der Waals surface area contributed by atoms with Gasteiger partial charge in [0.1, 0.15) is 0 Å². The van der Waals surface area contributed by atoms with Gasteiger partial charge in [-0.2, -0.15) is 0 Å². The molecule has 0 aliphatic carbocycles. The highest BCUT2D eigenvalue weighted by atomic mass is 35.5. The summed E-state index contributed by atoms with van der Waals surface area (Å²) in [6, 6.07) is 12.3. The Hall–Kier alpha value is -1.19. The zero-order chi connectivity index (χ0) is 10.3. The van der Waals surface area contributed by atoms with Gasteiger partial charge in [0.2, 0.25) is 5.91 Å². The number of halogens is 1. The number of thioether (sulfide) groups is 1. The average Bonchev–Trinajstić information content (AvgIpc) is 2.29. The fourth-order valence-electron chi connectivity index (χ4n) is 1.82. The minimum absolute atomic E-state index is 0. The van der Waals surface area contributed by atoms with Crippen LogP contribution in [0.15, 0.2) is 41.3 Å². The minimum Gasteiger partial charge on any atom is -0.324 e. The van der Waals surface area contributed by atoms with Gasteiger partial charge in [-0.15, -0.1) is 24.2 Å². The van der Waals surface area contributed by atoms with Gasteiger partial charge in [0, 0.05) is 10.3 Å². The van der Waals surface area contributed by atoms with E-state index in [0.717, 1.165) is 16.0 Å². The predicted octanol–water partition coefficient (Wildman–Crippen LogP) is 3.31. The van der Waals surface area contributed by atoms with E-state index in [-0.39, 0.29) is 18.3 Å². The second-order valence-electron chi connectivity index (χ2n) is 3.50. The van der Waals surface area contributed by atoms with Crippen LogP contribution in [0.2, 0.25) is 0 Å². The lowest BCUT2D eigenvalue weighted by atomic mass is 10.1. The van der Waals surface area contributed by atoms with Crippen LogP contribution >= 0.6 is 24.2 Å². The summed E-state index contributed by atoms with van der Waals surface area (Å²) in [6.45, 7) is 0. The number of rotatable bonds is 0. The molecule has 4 heteroatoms. The van der Waals surface area contributed by atoms with Crippen LogP contribution < -0.4 is 5.32 Å². The van der Waals surface area contributed by atoms with Crippen LogP contribution in [0.1, 0.15) is 0 Å². The summed E-state index contributed by atoms with van der Waals surface area (Å²) < 4.78 is 0. The van der Waals surface area contributed by atoms with Crippen LogP contribution in [0.25, 0.3) is 10.8 Å². The largest absolute Gasteiger partial charge is 0.324 e. The summed E-state index contributed by atoms with van der Waals surface area (Å²) in [4.78, 5) is 12.5. The number of benzene rings is 2. The first-order chi connectivity index (χ1) is 7.34. The van der Waals surface area contributed by atoms with Crippen molar-refractivity contribution in [3.63, 3.8) is 0 Å². The third kappa shape index (κ3) is 1.77. The Morgan fingerprint density at radius 3 is 2.81 bits per heavy atom. The number of amides is 1. The molecule has 0 saturated carbocycles. The van der Waals surface area contributed by atoms with Crippen LogP contribution in [-0.2, 0) is 4.79 Å². The van der Waals surface area contributed by atoms with Gasteiger partial charge in [0.15, 0.2) is 0 Å². The highest BCUT2D eigenvalue weighted by molar-refractivity contribution is 8.00. The van der Waals surface area contributed by atoms with Gasteiger partial charge >= 0.3 is 0 Å². The summed E-state index contributed by atoms with van der Waals surface area (Å²) >= 11 is 1.60. The van der Waals surface area contributed by atoms with E-state index in [1.807, 2.05) is 18.2 Å². The normalized spacial score (nSPS) is 13.9. The maximum atomic E-state index is 11.3. The fraction of sp³-hybridized carbons (Fsp3) is 0.0833. The third-order valence-corrected chi connectivity index (χ3v) is 3.57. The first kappa shape index (κ1) is 11.3. The number of fused-ring (bicyclic) bond motifs is 3. The zero-order valence-corrected chi connectivity index (χ0v) is 10.0. The van der Waals surface area contributed by atoms with E-state index in [1.54, 1.807) is 11.8 Å². The van der Waals surface area contributed by atoms with Gasteiger partial charge in [-0.1, -0.05) is 30.3 Å². The Bertz CT molecular complexity index is 556. The van der Waals surface area contributed by atoms with E-state index in [2.05, 4.69) is 23.5 Å². The summed E-state index contributed by atoms with van der Waals surface area (Å²) in [5, 5.41) is 5.23. The van der Waals surface area contributed by atoms with E-state index in [0.29, 0.717) is 5.75 Å². The summed E-state index contributed by atoms with van der Waals surface area (Å²) in [7, 11) is 0. The summed E-state index contributed by atoms with van der Waals surface area (Å²) in [5.41, 5.74) is 0.967. The van der Waals surface area contributed by atoms with E-state index >= 15 is 0 Å². The Morgan fingerprint density at radius 2 is 1.94 bits per heavy atom. The molecule has 82 valence electrons. The lowest BCUT2D eigenvalue weighted by molar-refractivity contribution is -0.113. The quantitative estimate of drug-likeness (QED) is 0.778. The standard InChI is InChI=1S/C12H9NOS.ClH/c14-11-7-15-10-6-5-8-3-1-2-4-9(8)12(10)13-11;/h1-6H,7H2,(H,13,14);1H. The second-order valence-corrected chi connectivity index (χ2v) is 4.51. The molecule has 2 nitrogen and oxygen atoms in total. The number of carbonyl (C=O) groups is 1. The molecule has 0 saturated heterocycles. The first-order valence-electron chi connectivity index (χ1n) is 4.79. The molecule has 0 bridgehead atoms. The number of hydrogen-bond donors (Lipinski definition) is 1. The van der Waals surface area contributed by atoms with E-state index in [1.165, 1.54) is 5.39 Å². The first-order valence-corrected chi connectivity index (χ1v) is 5.77. The average molecular weight is 252 g/mol.